The molecule has 1 N–H and O–H groups in total. The van der Waals surface area contributed by atoms with Crippen molar-refractivity contribution in [3.63, 3.8) is 0 Å². The lowest BCUT2D eigenvalue weighted by Crippen LogP contribution is -2.47. The molecule has 1 aliphatic heterocycles. The molecule has 0 saturated carbocycles. The normalized spacial score (nSPS) is 30.4. The fraction of sp³-hybridized carbons (Fsp3) is 1.00. The molecule has 15 heavy (non-hydrogen) atoms. The van der Waals surface area contributed by atoms with Crippen molar-refractivity contribution in [2.24, 2.45) is 11.8 Å². The van der Waals surface area contributed by atoms with Crippen LogP contribution in [0, 0.1) is 11.8 Å². The Bertz CT molecular complexity index is 170. The first kappa shape index (κ1) is 13.0. The van der Waals surface area contributed by atoms with E-state index < -0.39 is 0 Å². The fourth-order valence-electron chi connectivity index (χ4n) is 2.60. The maximum atomic E-state index is 3.75. The molecule has 0 radical (unpaired) electrons. The molecule has 3 unspecified atom stereocenters. The van der Waals surface area contributed by atoms with Crippen LogP contribution in [-0.2, 0) is 0 Å². The predicted octanol–water partition coefficient (Wildman–Crippen LogP) is 2.35. The largest absolute Gasteiger partial charge is 0.313 e. The minimum atomic E-state index is 0.750. The first-order valence-electron chi connectivity index (χ1n) is 6.55. The molecule has 3 atom stereocenters. The molecule has 0 aliphatic carbocycles. The van der Waals surface area contributed by atoms with Gasteiger partial charge in [-0.2, -0.15) is 0 Å². The van der Waals surface area contributed by atoms with Crippen LogP contribution in [0.3, 0.4) is 0 Å². The van der Waals surface area contributed by atoms with Crippen molar-refractivity contribution in [2.75, 3.05) is 26.7 Å². The van der Waals surface area contributed by atoms with E-state index in [4.69, 9.17) is 0 Å². The number of piperidine rings is 1. The SMILES string of the molecule is CCCC(C)CNC1CCN(C)CC1C. The van der Waals surface area contributed by atoms with E-state index in [9.17, 15) is 0 Å². The van der Waals surface area contributed by atoms with E-state index in [0.29, 0.717) is 0 Å². The van der Waals surface area contributed by atoms with E-state index in [1.54, 1.807) is 0 Å². The van der Waals surface area contributed by atoms with E-state index in [1.807, 2.05) is 0 Å². The van der Waals surface area contributed by atoms with Gasteiger partial charge in [0, 0.05) is 12.6 Å². The molecule has 90 valence electrons. The Morgan fingerprint density at radius 1 is 1.47 bits per heavy atom. The lowest BCUT2D eigenvalue weighted by atomic mass is 9.93. The third-order valence-electron chi connectivity index (χ3n) is 3.62. The van der Waals surface area contributed by atoms with Gasteiger partial charge in [0.25, 0.3) is 0 Å². The second kappa shape index (κ2) is 6.49. The number of hydrogen-bond donors (Lipinski definition) is 1. The topological polar surface area (TPSA) is 15.3 Å². The number of hydrogen-bond acceptors (Lipinski definition) is 2. The van der Waals surface area contributed by atoms with Crippen molar-refractivity contribution in [3.8, 4) is 0 Å². The zero-order valence-electron chi connectivity index (χ0n) is 10.9. The van der Waals surface area contributed by atoms with Gasteiger partial charge < -0.3 is 10.2 Å². The molecule has 2 heteroatoms. The summed E-state index contributed by atoms with van der Waals surface area (Å²) in [5, 5.41) is 3.75. The molecule has 0 aromatic carbocycles. The molecule has 1 fully saturated rings. The third-order valence-corrected chi connectivity index (χ3v) is 3.62. The molecule has 0 amide bonds. The molecule has 0 bridgehead atoms. The molecule has 0 aromatic heterocycles. The zero-order valence-corrected chi connectivity index (χ0v) is 10.9. The highest BCUT2D eigenvalue weighted by atomic mass is 15.1. The summed E-state index contributed by atoms with van der Waals surface area (Å²) >= 11 is 0. The second-order valence-corrected chi connectivity index (χ2v) is 5.44. The fourth-order valence-corrected chi connectivity index (χ4v) is 2.60. The van der Waals surface area contributed by atoms with E-state index in [-0.39, 0.29) is 0 Å². The van der Waals surface area contributed by atoms with E-state index in [1.165, 1.54) is 38.9 Å². The predicted molar refractivity (Wildman–Crippen MR) is 67.1 cm³/mol. The Hall–Kier alpha value is -0.0800. The molecular weight excluding hydrogens is 184 g/mol. The first-order chi connectivity index (χ1) is 7.13. The summed E-state index contributed by atoms with van der Waals surface area (Å²) in [5.74, 6) is 1.64. The summed E-state index contributed by atoms with van der Waals surface area (Å²) in [4.78, 5) is 2.44. The van der Waals surface area contributed by atoms with Crippen molar-refractivity contribution >= 4 is 0 Å². The summed E-state index contributed by atoms with van der Waals surface area (Å²) in [6.45, 7) is 10.7. The third kappa shape index (κ3) is 4.52. The van der Waals surface area contributed by atoms with Crippen LogP contribution < -0.4 is 5.32 Å². The summed E-state index contributed by atoms with van der Waals surface area (Å²) < 4.78 is 0. The Balaban J connectivity index is 2.20. The summed E-state index contributed by atoms with van der Waals surface area (Å²) in [7, 11) is 2.23. The Kier molecular flexibility index (Phi) is 5.62. The van der Waals surface area contributed by atoms with Crippen molar-refractivity contribution in [1.82, 2.24) is 10.2 Å². The summed E-state index contributed by atoms with van der Waals surface area (Å²) in [6.07, 6.45) is 3.98. The van der Waals surface area contributed by atoms with Crippen molar-refractivity contribution in [3.05, 3.63) is 0 Å². The molecule has 1 rings (SSSR count). The molecule has 0 spiro atoms. The monoisotopic (exact) mass is 212 g/mol. The van der Waals surface area contributed by atoms with Gasteiger partial charge >= 0.3 is 0 Å². The highest BCUT2D eigenvalue weighted by Gasteiger charge is 2.23. The first-order valence-corrected chi connectivity index (χ1v) is 6.55. The van der Waals surface area contributed by atoms with Crippen LogP contribution in [0.2, 0.25) is 0 Å². The van der Waals surface area contributed by atoms with Gasteiger partial charge in [-0.05, 0) is 44.8 Å². The number of nitrogens with one attached hydrogen (secondary N) is 1. The molecule has 1 heterocycles. The number of nitrogens with zero attached hydrogens (tertiary/aromatic N) is 1. The zero-order chi connectivity index (χ0) is 11.3. The average molecular weight is 212 g/mol. The molecule has 1 aliphatic rings. The van der Waals surface area contributed by atoms with Crippen LogP contribution in [0.15, 0.2) is 0 Å². The van der Waals surface area contributed by atoms with E-state index >= 15 is 0 Å². The van der Waals surface area contributed by atoms with Gasteiger partial charge in [0.15, 0.2) is 0 Å². The maximum Gasteiger partial charge on any atom is 0.0117 e. The highest BCUT2D eigenvalue weighted by Crippen LogP contribution is 2.16. The van der Waals surface area contributed by atoms with Crippen LogP contribution in [0.5, 0.6) is 0 Å². The highest BCUT2D eigenvalue weighted by molar-refractivity contribution is 4.81. The number of rotatable bonds is 5. The van der Waals surface area contributed by atoms with Crippen LogP contribution in [-0.4, -0.2) is 37.6 Å². The maximum absolute atomic E-state index is 3.75. The Morgan fingerprint density at radius 2 is 2.20 bits per heavy atom. The molecule has 2 nitrogen and oxygen atoms in total. The van der Waals surface area contributed by atoms with Gasteiger partial charge in [-0.15, -0.1) is 0 Å². The van der Waals surface area contributed by atoms with Crippen molar-refractivity contribution in [2.45, 2.75) is 46.1 Å². The lowest BCUT2D eigenvalue weighted by Gasteiger charge is -2.36. The summed E-state index contributed by atoms with van der Waals surface area (Å²) in [5.41, 5.74) is 0. The second-order valence-electron chi connectivity index (χ2n) is 5.44. The number of likely N-dealkylation sites (tertiary alicyclic amines) is 1. The van der Waals surface area contributed by atoms with Gasteiger partial charge in [-0.25, -0.2) is 0 Å². The standard InChI is InChI=1S/C13H28N2/c1-5-6-11(2)9-14-13-7-8-15(4)10-12(13)3/h11-14H,5-10H2,1-4H3. The molecule has 0 aromatic rings. The van der Waals surface area contributed by atoms with Gasteiger partial charge in [-0.3, -0.25) is 0 Å². The van der Waals surface area contributed by atoms with Crippen LogP contribution >= 0.6 is 0 Å². The van der Waals surface area contributed by atoms with Crippen LogP contribution in [0.4, 0.5) is 0 Å². The van der Waals surface area contributed by atoms with Gasteiger partial charge in [0.2, 0.25) is 0 Å². The quantitative estimate of drug-likeness (QED) is 0.752. The average Bonchev–Trinajstić information content (AvgIpc) is 2.17. The molecular formula is C13H28N2. The lowest BCUT2D eigenvalue weighted by molar-refractivity contribution is 0.171. The van der Waals surface area contributed by atoms with Crippen LogP contribution in [0.25, 0.3) is 0 Å². The Labute approximate surface area is 95.4 Å². The van der Waals surface area contributed by atoms with Crippen molar-refractivity contribution < 1.29 is 0 Å². The van der Waals surface area contributed by atoms with Crippen LogP contribution in [0.1, 0.15) is 40.0 Å². The van der Waals surface area contributed by atoms with Crippen molar-refractivity contribution in [1.29, 1.82) is 0 Å². The smallest absolute Gasteiger partial charge is 0.0117 e. The van der Waals surface area contributed by atoms with E-state index in [2.05, 4.69) is 38.0 Å². The van der Waals surface area contributed by atoms with Gasteiger partial charge in [0.1, 0.15) is 0 Å². The summed E-state index contributed by atoms with van der Waals surface area (Å²) in [6, 6.07) is 0.750. The van der Waals surface area contributed by atoms with E-state index in [0.717, 1.165) is 17.9 Å². The minimum Gasteiger partial charge on any atom is -0.313 e. The van der Waals surface area contributed by atoms with Gasteiger partial charge in [0.05, 0.1) is 0 Å². The minimum absolute atomic E-state index is 0.750. The molecule has 1 saturated heterocycles. The van der Waals surface area contributed by atoms with Gasteiger partial charge in [-0.1, -0.05) is 27.2 Å². The Morgan fingerprint density at radius 3 is 2.80 bits per heavy atom.